The lowest BCUT2D eigenvalue weighted by atomic mass is 10.2. The molecular weight excluding hydrogens is 449 g/mol. The van der Waals surface area contributed by atoms with Gasteiger partial charge in [0.1, 0.15) is 0 Å². The summed E-state index contributed by atoms with van der Waals surface area (Å²) in [6.07, 6.45) is 4.66. The summed E-state index contributed by atoms with van der Waals surface area (Å²) in [4.78, 5) is 13.9. The minimum absolute atomic E-state index is 0. The standard InChI is InChI=1S/C21H29N5.HI/c1-2-23-21(24-12-10-19-9-6-11-22-17-19)26-15-13-25(14-16-26)18-20-7-4-3-5-8-20;/h3-9,11,17H,2,10,12-16,18H2,1H3,(H,23,24);1H. The van der Waals surface area contributed by atoms with Gasteiger partial charge in [0.15, 0.2) is 5.96 Å². The summed E-state index contributed by atoms with van der Waals surface area (Å²) in [5, 5.41) is 3.44. The SMILES string of the molecule is CCNC(=NCCc1cccnc1)N1CCN(Cc2ccccc2)CC1.I. The minimum atomic E-state index is 0. The number of benzene rings is 1. The van der Waals surface area contributed by atoms with Gasteiger partial charge in [-0.25, -0.2) is 0 Å². The molecule has 1 N–H and O–H groups in total. The van der Waals surface area contributed by atoms with E-state index in [1.165, 1.54) is 11.1 Å². The van der Waals surface area contributed by atoms with E-state index in [0.29, 0.717) is 0 Å². The maximum Gasteiger partial charge on any atom is 0.194 e. The molecular formula is C21H30IN5. The van der Waals surface area contributed by atoms with Crippen LogP contribution >= 0.6 is 24.0 Å². The Bertz CT molecular complexity index is 669. The highest BCUT2D eigenvalue weighted by molar-refractivity contribution is 14.0. The average molecular weight is 479 g/mol. The van der Waals surface area contributed by atoms with E-state index < -0.39 is 0 Å². The fraction of sp³-hybridized carbons (Fsp3) is 0.429. The summed E-state index contributed by atoms with van der Waals surface area (Å²) < 4.78 is 0. The molecule has 0 unspecified atom stereocenters. The van der Waals surface area contributed by atoms with Gasteiger partial charge in [0.2, 0.25) is 0 Å². The minimum Gasteiger partial charge on any atom is -0.357 e. The quantitative estimate of drug-likeness (QED) is 0.393. The van der Waals surface area contributed by atoms with Crippen molar-refractivity contribution in [2.45, 2.75) is 19.9 Å². The first-order valence-corrected chi connectivity index (χ1v) is 9.53. The lowest BCUT2D eigenvalue weighted by molar-refractivity contribution is 0.172. The zero-order valence-electron chi connectivity index (χ0n) is 16.1. The average Bonchev–Trinajstić information content (AvgIpc) is 2.70. The highest BCUT2D eigenvalue weighted by Crippen LogP contribution is 2.09. The monoisotopic (exact) mass is 479 g/mol. The molecule has 3 rings (SSSR count). The highest BCUT2D eigenvalue weighted by atomic mass is 127. The Hall–Kier alpha value is -1.67. The van der Waals surface area contributed by atoms with Crippen LogP contribution in [0.1, 0.15) is 18.1 Å². The molecule has 27 heavy (non-hydrogen) atoms. The maximum absolute atomic E-state index is 4.83. The van der Waals surface area contributed by atoms with E-state index in [4.69, 9.17) is 4.99 Å². The molecule has 146 valence electrons. The first kappa shape index (κ1) is 21.6. The van der Waals surface area contributed by atoms with Gasteiger partial charge in [0, 0.05) is 58.2 Å². The van der Waals surface area contributed by atoms with E-state index in [-0.39, 0.29) is 24.0 Å². The third kappa shape index (κ3) is 7.10. The molecule has 0 bridgehead atoms. The number of aromatic nitrogens is 1. The van der Waals surface area contributed by atoms with Gasteiger partial charge in [-0.3, -0.25) is 14.9 Å². The number of nitrogens with one attached hydrogen (secondary N) is 1. The molecule has 0 aliphatic carbocycles. The maximum atomic E-state index is 4.83. The van der Waals surface area contributed by atoms with Crippen LogP contribution in [0.15, 0.2) is 59.9 Å². The van der Waals surface area contributed by atoms with Crippen LogP contribution in [0.5, 0.6) is 0 Å². The number of guanidine groups is 1. The Labute approximate surface area is 179 Å². The van der Waals surface area contributed by atoms with Gasteiger partial charge in [0.25, 0.3) is 0 Å². The molecule has 1 fully saturated rings. The number of piperazine rings is 1. The lowest BCUT2D eigenvalue weighted by Crippen LogP contribution is -2.52. The molecule has 2 heterocycles. The van der Waals surface area contributed by atoms with Crippen molar-refractivity contribution in [1.82, 2.24) is 20.1 Å². The van der Waals surface area contributed by atoms with Crippen molar-refractivity contribution in [3.8, 4) is 0 Å². The molecule has 6 heteroatoms. The molecule has 0 spiro atoms. The van der Waals surface area contributed by atoms with Crippen LogP contribution in [0.25, 0.3) is 0 Å². The van der Waals surface area contributed by atoms with Gasteiger partial charge < -0.3 is 10.2 Å². The van der Waals surface area contributed by atoms with E-state index in [9.17, 15) is 0 Å². The fourth-order valence-electron chi connectivity index (χ4n) is 3.22. The zero-order chi connectivity index (χ0) is 18.0. The normalized spacial score (nSPS) is 15.3. The van der Waals surface area contributed by atoms with Gasteiger partial charge in [-0.1, -0.05) is 36.4 Å². The van der Waals surface area contributed by atoms with E-state index in [1.807, 2.05) is 18.5 Å². The molecule has 0 saturated carbocycles. The summed E-state index contributed by atoms with van der Waals surface area (Å²) in [7, 11) is 0. The number of hydrogen-bond acceptors (Lipinski definition) is 3. The Morgan fingerprint density at radius 1 is 1.04 bits per heavy atom. The lowest BCUT2D eigenvalue weighted by Gasteiger charge is -2.36. The van der Waals surface area contributed by atoms with Crippen LogP contribution in [0, 0.1) is 0 Å². The van der Waals surface area contributed by atoms with Gasteiger partial charge in [-0.2, -0.15) is 0 Å². The van der Waals surface area contributed by atoms with Gasteiger partial charge in [-0.15, -0.1) is 24.0 Å². The van der Waals surface area contributed by atoms with Gasteiger partial charge in [0.05, 0.1) is 0 Å². The molecule has 5 nitrogen and oxygen atoms in total. The molecule has 0 radical (unpaired) electrons. The van der Waals surface area contributed by atoms with E-state index in [0.717, 1.165) is 58.2 Å². The molecule has 2 aromatic rings. The van der Waals surface area contributed by atoms with Crippen LogP contribution < -0.4 is 5.32 Å². The van der Waals surface area contributed by atoms with Crippen molar-refractivity contribution in [2.75, 3.05) is 39.3 Å². The summed E-state index contributed by atoms with van der Waals surface area (Å²) in [6.45, 7) is 9.03. The molecule has 0 amide bonds. The number of nitrogens with zero attached hydrogens (tertiary/aromatic N) is 4. The Balaban J connectivity index is 0.00000261. The van der Waals surface area contributed by atoms with Crippen LogP contribution in [-0.2, 0) is 13.0 Å². The number of hydrogen-bond donors (Lipinski definition) is 1. The van der Waals surface area contributed by atoms with E-state index in [2.05, 4.69) is 63.4 Å². The van der Waals surface area contributed by atoms with Gasteiger partial charge >= 0.3 is 0 Å². The summed E-state index contributed by atoms with van der Waals surface area (Å²) in [5.41, 5.74) is 2.62. The van der Waals surface area contributed by atoms with Crippen molar-refractivity contribution >= 4 is 29.9 Å². The fourth-order valence-corrected chi connectivity index (χ4v) is 3.22. The highest BCUT2D eigenvalue weighted by Gasteiger charge is 2.19. The largest absolute Gasteiger partial charge is 0.357 e. The molecule has 1 aliphatic heterocycles. The number of pyridine rings is 1. The summed E-state index contributed by atoms with van der Waals surface area (Å²) in [5.74, 6) is 1.04. The predicted molar refractivity (Wildman–Crippen MR) is 123 cm³/mol. The second-order valence-electron chi connectivity index (χ2n) is 6.60. The molecule has 1 aromatic carbocycles. The zero-order valence-corrected chi connectivity index (χ0v) is 18.4. The first-order valence-electron chi connectivity index (χ1n) is 9.53. The topological polar surface area (TPSA) is 43.8 Å². The Morgan fingerprint density at radius 2 is 1.78 bits per heavy atom. The third-order valence-electron chi connectivity index (χ3n) is 4.64. The van der Waals surface area contributed by atoms with Crippen LogP contribution in [-0.4, -0.2) is 60.0 Å². The molecule has 0 atom stereocenters. The molecule has 1 saturated heterocycles. The summed E-state index contributed by atoms with van der Waals surface area (Å²) in [6, 6.07) is 14.8. The van der Waals surface area contributed by atoms with Crippen molar-refractivity contribution in [3.05, 3.63) is 66.0 Å². The summed E-state index contributed by atoms with van der Waals surface area (Å²) >= 11 is 0. The van der Waals surface area contributed by atoms with E-state index >= 15 is 0 Å². The number of aliphatic imine (C=N–C) groups is 1. The van der Waals surface area contributed by atoms with Crippen molar-refractivity contribution in [2.24, 2.45) is 4.99 Å². The van der Waals surface area contributed by atoms with Crippen molar-refractivity contribution < 1.29 is 0 Å². The second-order valence-corrected chi connectivity index (χ2v) is 6.60. The van der Waals surface area contributed by atoms with Crippen LogP contribution in [0.3, 0.4) is 0 Å². The Morgan fingerprint density at radius 3 is 2.44 bits per heavy atom. The number of halogens is 1. The Kier molecular flexibility index (Phi) is 9.55. The number of rotatable bonds is 6. The van der Waals surface area contributed by atoms with Crippen LogP contribution in [0.2, 0.25) is 0 Å². The van der Waals surface area contributed by atoms with Crippen molar-refractivity contribution in [3.63, 3.8) is 0 Å². The molecule has 1 aliphatic rings. The van der Waals surface area contributed by atoms with Crippen LogP contribution in [0.4, 0.5) is 0 Å². The molecule has 1 aromatic heterocycles. The second kappa shape index (κ2) is 11.9. The first-order chi connectivity index (χ1) is 12.8. The smallest absolute Gasteiger partial charge is 0.194 e. The van der Waals surface area contributed by atoms with E-state index in [1.54, 1.807) is 0 Å². The predicted octanol–water partition coefficient (Wildman–Crippen LogP) is 3.03. The third-order valence-corrected chi connectivity index (χ3v) is 4.64. The van der Waals surface area contributed by atoms with Gasteiger partial charge in [-0.05, 0) is 30.5 Å². The van der Waals surface area contributed by atoms with Crippen molar-refractivity contribution in [1.29, 1.82) is 0 Å².